The van der Waals surface area contributed by atoms with Gasteiger partial charge in [0.25, 0.3) is 0 Å². The van der Waals surface area contributed by atoms with Crippen LogP contribution in [-0.2, 0) is 18.4 Å². The molecule has 0 aromatic heterocycles. The number of benzene rings is 2. The van der Waals surface area contributed by atoms with Gasteiger partial charge in [-0.15, -0.1) is 0 Å². The van der Waals surface area contributed by atoms with E-state index in [0.717, 1.165) is 11.3 Å². The van der Waals surface area contributed by atoms with E-state index in [0.29, 0.717) is 12.8 Å². The van der Waals surface area contributed by atoms with Crippen molar-refractivity contribution < 1.29 is 9.84 Å². The lowest BCUT2D eigenvalue weighted by atomic mass is 9.91. The van der Waals surface area contributed by atoms with Gasteiger partial charge in [0.05, 0.1) is 12.7 Å². The van der Waals surface area contributed by atoms with Gasteiger partial charge in [0.2, 0.25) is 0 Å². The Bertz CT molecular complexity index is 550. The average Bonchev–Trinajstić information content (AvgIpc) is 2.76. The third kappa shape index (κ3) is 1.79. The van der Waals surface area contributed by atoms with Gasteiger partial charge in [-0.3, -0.25) is 0 Å². The monoisotopic (exact) mass is 240 g/mol. The van der Waals surface area contributed by atoms with Crippen molar-refractivity contribution in [1.29, 1.82) is 0 Å². The molecule has 1 aliphatic rings. The summed E-state index contributed by atoms with van der Waals surface area (Å²) >= 11 is 0. The van der Waals surface area contributed by atoms with Gasteiger partial charge in [0.1, 0.15) is 5.75 Å². The molecule has 0 saturated heterocycles. The quantitative estimate of drug-likeness (QED) is 0.874. The first-order chi connectivity index (χ1) is 8.71. The molecule has 2 aromatic rings. The molecule has 2 aromatic carbocycles. The van der Waals surface area contributed by atoms with Crippen LogP contribution in [-0.4, -0.2) is 12.2 Å². The smallest absolute Gasteiger partial charge is 0.119 e. The second kappa shape index (κ2) is 4.14. The van der Waals surface area contributed by atoms with E-state index in [1.807, 2.05) is 36.4 Å². The van der Waals surface area contributed by atoms with Crippen molar-refractivity contribution in [3.8, 4) is 5.75 Å². The molecule has 0 aliphatic heterocycles. The highest BCUT2D eigenvalue weighted by atomic mass is 16.5. The highest BCUT2D eigenvalue weighted by molar-refractivity contribution is 5.41. The minimum atomic E-state index is -0.793. The molecule has 2 nitrogen and oxygen atoms in total. The van der Waals surface area contributed by atoms with Crippen LogP contribution in [0.3, 0.4) is 0 Å². The summed E-state index contributed by atoms with van der Waals surface area (Å²) in [5.74, 6) is 0.789. The first-order valence-corrected chi connectivity index (χ1v) is 6.15. The van der Waals surface area contributed by atoms with E-state index >= 15 is 0 Å². The molecule has 0 spiro atoms. The Hall–Kier alpha value is -1.80. The zero-order valence-corrected chi connectivity index (χ0v) is 10.4. The summed E-state index contributed by atoms with van der Waals surface area (Å²) in [5.41, 5.74) is 2.61. The fraction of sp³-hybridized carbons (Fsp3) is 0.250. The zero-order chi connectivity index (χ0) is 12.6. The summed E-state index contributed by atoms with van der Waals surface area (Å²) in [6, 6.07) is 15.9. The van der Waals surface area contributed by atoms with Crippen molar-refractivity contribution in [3.05, 3.63) is 65.2 Å². The maximum atomic E-state index is 10.8. The molecule has 2 heteroatoms. The third-order valence-electron chi connectivity index (χ3n) is 3.69. The van der Waals surface area contributed by atoms with Gasteiger partial charge >= 0.3 is 0 Å². The topological polar surface area (TPSA) is 29.5 Å². The van der Waals surface area contributed by atoms with Crippen molar-refractivity contribution in [2.24, 2.45) is 0 Å². The Labute approximate surface area is 107 Å². The fourth-order valence-corrected chi connectivity index (χ4v) is 2.71. The lowest BCUT2D eigenvalue weighted by molar-refractivity contribution is 0.0480. The van der Waals surface area contributed by atoms with Crippen LogP contribution in [0.2, 0.25) is 0 Å². The van der Waals surface area contributed by atoms with Crippen LogP contribution in [0.25, 0.3) is 0 Å². The Morgan fingerprint density at radius 3 is 2.28 bits per heavy atom. The summed E-state index contributed by atoms with van der Waals surface area (Å²) in [4.78, 5) is 0. The molecule has 0 radical (unpaired) electrons. The molecule has 0 fully saturated rings. The standard InChI is InChI=1S/C16H16O2/c1-18-15-8-4-7-14(9-15)16(17)10-12-5-2-3-6-13(12)11-16/h2-9,17H,10-11H2,1H3. The molecule has 92 valence electrons. The summed E-state index contributed by atoms with van der Waals surface area (Å²) in [5, 5.41) is 10.8. The molecule has 0 unspecified atom stereocenters. The van der Waals surface area contributed by atoms with Crippen molar-refractivity contribution >= 4 is 0 Å². The van der Waals surface area contributed by atoms with E-state index in [9.17, 15) is 5.11 Å². The molecule has 18 heavy (non-hydrogen) atoms. The van der Waals surface area contributed by atoms with Gasteiger partial charge in [-0.25, -0.2) is 0 Å². The van der Waals surface area contributed by atoms with Gasteiger partial charge in [0.15, 0.2) is 0 Å². The van der Waals surface area contributed by atoms with Crippen LogP contribution in [0.15, 0.2) is 48.5 Å². The lowest BCUT2D eigenvalue weighted by Gasteiger charge is -2.23. The number of hydrogen-bond acceptors (Lipinski definition) is 2. The number of rotatable bonds is 2. The van der Waals surface area contributed by atoms with E-state index in [1.54, 1.807) is 7.11 Å². The SMILES string of the molecule is COc1cccc(C2(O)Cc3ccccc3C2)c1. The molecule has 1 N–H and O–H groups in total. The van der Waals surface area contributed by atoms with E-state index in [1.165, 1.54) is 11.1 Å². The Balaban J connectivity index is 1.98. The maximum Gasteiger partial charge on any atom is 0.119 e. The second-order valence-corrected chi connectivity index (χ2v) is 4.89. The molecular weight excluding hydrogens is 224 g/mol. The largest absolute Gasteiger partial charge is 0.497 e. The summed E-state index contributed by atoms with van der Waals surface area (Å²) < 4.78 is 5.23. The van der Waals surface area contributed by atoms with Crippen molar-refractivity contribution in [2.45, 2.75) is 18.4 Å². The number of methoxy groups -OCH3 is 1. The Morgan fingerprint density at radius 1 is 1.00 bits per heavy atom. The van der Waals surface area contributed by atoms with Crippen LogP contribution in [0.1, 0.15) is 16.7 Å². The lowest BCUT2D eigenvalue weighted by Crippen LogP contribution is -2.26. The predicted molar refractivity (Wildman–Crippen MR) is 70.7 cm³/mol. The van der Waals surface area contributed by atoms with Crippen molar-refractivity contribution in [1.82, 2.24) is 0 Å². The summed E-state index contributed by atoms with van der Waals surface area (Å²) in [6.07, 6.45) is 1.35. The fourth-order valence-electron chi connectivity index (χ4n) is 2.71. The first kappa shape index (κ1) is 11.3. The van der Waals surface area contributed by atoms with Gasteiger partial charge in [0, 0.05) is 12.8 Å². The second-order valence-electron chi connectivity index (χ2n) is 4.89. The molecule has 0 atom stereocenters. The van der Waals surface area contributed by atoms with E-state index in [-0.39, 0.29) is 0 Å². The average molecular weight is 240 g/mol. The number of ether oxygens (including phenoxy) is 1. The zero-order valence-electron chi connectivity index (χ0n) is 10.4. The third-order valence-corrected chi connectivity index (χ3v) is 3.69. The van der Waals surface area contributed by atoms with Crippen LogP contribution in [0.4, 0.5) is 0 Å². The van der Waals surface area contributed by atoms with Crippen molar-refractivity contribution in [2.75, 3.05) is 7.11 Å². The van der Waals surface area contributed by atoms with E-state index in [2.05, 4.69) is 12.1 Å². The minimum Gasteiger partial charge on any atom is -0.497 e. The number of aliphatic hydroxyl groups is 1. The van der Waals surface area contributed by atoms with E-state index in [4.69, 9.17) is 4.74 Å². The Morgan fingerprint density at radius 2 is 1.67 bits per heavy atom. The minimum absolute atomic E-state index is 0.677. The molecule has 0 amide bonds. The molecule has 0 heterocycles. The molecule has 3 rings (SSSR count). The van der Waals surface area contributed by atoms with Crippen molar-refractivity contribution in [3.63, 3.8) is 0 Å². The predicted octanol–water partition coefficient (Wildman–Crippen LogP) is 2.68. The highest BCUT2D eigenvalue weighted by Crippen LogP contribution is 2.38. The molecule has 1 aliphatic carbocycles. The highest BCUT2D eigenvalue weighted by Gasteiger charge is 2.36. The maximum absolute atomic E-state index is 10.8. The van der Waals surface area contributed by atoms with Gasteiger partial charge in [-0.2, -0.15) is 0 Å². The normalized spacial score (nSPS) is 16.3. The summed E-state index contributed by atoms with van der Waals surface area (Å²) in [7, 11) is 1.65. The van der Waals surface area contributed by atoms with Gasteiger partial charge < -0.3 is 9.84 Å². The summed E-state index contributed by atoms with van der Waals surface area (Å²) in [6.45, 7) is 0. The molecule has 0 bridgehead atoms. The number of hydrogen-bond donors (Lipinski definition) is 1. The molecule has 0 saturated carbocycles. The van der Waals surface area contributed by atoms with Crippen LogP contribution < -0.4 is 4.74 Å². The number of fused-ring (bicyclic) bond motifs is 1. The van der Waals surface area contributed by atoms with Crippen LogP contribution in [0.5, 0.6) is 5.75 Å². The Kier molecular flexibility index (Phi) is 2.60. The molecular formula is C16H16O2. The van der Waals surface area contributed by atoms with Crippen LogP contribution in [0, 0.1) is 0 Å². The first-order valence-electron chi connectivity index (χ1n) is 6.15. The van der Waals surface area contributed by atoms with Gasteiger partial charge in [-0.1, -0.05) is 36.4 Å². The van der Waals surface area contributed by atoms with E-state index < -0.39 is 5.60 Å². The van der Waals surface area contributed by atoms with Crippen LogP contribution >= 0.6 is 0 Å². The van der Waals surface area contributed by atoms with Gasteiger partial charge in [-0.05, 0) is 28.8 Å².